The quantitative estimate of drug-likeness (QED) is 0.595. The van der Waals surface area contributed by atoms with Gasteiger partial charge in [-0.15, -0.1) is 0 Å². The zero-order chi connectivity index (χ0) is 25.9. The van der Waals surface area contributed by atoms with Crippen molar-refractivity contribution in [3.05, 3.63) is 59.2 Å². The molecule has 2 aliphatic heterocycles. The average molecular weight is 506 g/mol. The molecule has 3 heterocycles. The van der Waals surface area contributed by atoms with Crippen molar-refractivity contribution in [2.75, 3.05) is 46.4 Å². The Morgan fingerprint density at radius 2 is 1.83 bits per heavy atom. The Bertz CT molecular complexity index is 1020. The first kappa shape index (κ1) is 26.5. The summed E-state index contributed by atoms with van der Waals surface area (Å²) in [6.07, 6.45) is 0.512. The third-order valence-electron chi connectivity index (χ3n) is 7.47. The first-order valence-electron chi connectivity index (χ1n) is 12.4. The predicted octanol–water partition coefficient (Wildman–Crippen LogP) is 3.80. The summed E-state index contributed by atoms with van der Waals surface area (Å²) in [6.45, 7) is 8.34. The minimum absolute atomic E-state index is 0.0105. The van der Waals surface area contributed by atoms with E-state index in [0.29, 0.717) is 37.0 Å². The minimum atomic E-state index is -4.35. The lowest BCUT2D eigenvalue weighted by atomic mass is 9.97. The Labute approximate surface area is 210 Å². The Hall–Kier alpha value is -2.56. The molecule has 196 valence electrons. The molecular formula is C26H34F3N5O2. The van der Waals surface area contributed by atoms with E-state index < -0.39 is 11.7 Å². The molecule has 7 nitrogen and oxygen atoms in total. The highest BCUT2D eigenvalue weighted by atomic mass is 19.4. The number of benzene rings is 1. The number of nitrogens with zero attached hydrogens (tertiary/aromatic N) is 5. The number of aryl methyl sites for hydroxylation is 1. The van der Waals surface area contributed by atoms with Gasteiger partial charge in [0.2, 0.25) is 0 Å². The maximum Gasteiger partial charge on any atom is 0.416 e. The molecule has 1 aromatic carbocycles. The van der Waals surface area contributed by atoms with Crippen molar-refractivity contribution in [1.82, 2.24) is 24.7 Å². The molecule has 0 spiro atoms. The number of amides is 1. The van der Waals surface area contributed by atoms with Crippen LogP contribution in [0.3, 0.4) is 0 Å². The Balaban J connectivity index is 1.35. The molecule has 2 fully saturated rings. The van der Waals surface area contributed by atoms with Gasteiger partial charge in [0.15, 0.2) is 0 Å². The predicted molar refractivity (Wildman–Crippen MR) is 129 cm³/mol. The molecular weight excluding hydrogens is 471 g/mol. The van der Waals surface area contributed by atoms with E-state index in [1.54, 1.807) is 25.4 Å². The van der Waals surface area contributed by atoms with Crippen LogP contribution in [0.1, 0.15) is 53.0 Å². The van der Waals surface area contributed by atoms with Crippen LogP contribution in [-0.2, 0) is 10.9 Å². The van der Waals surface area contributed by atoms with Gasteiger partial charge in [0.1, 0.15) is 6.33 Å². The Morgan fingerprint density at radius 3 is 2.42 bits per heavy atom. The topological polar surface area (TPSA) is 61.8 Å². The van der Waals surface area contributed by atoms with Crippen LogP contribution in [0, 0.1) is 6.92 Å². The number of aromatic nitrogens is 2. The third kappa shape index (κ3) is 5.87. The van der Waals surface area contributed by atoms with Crippen LogP contribution in [0.25, 0.3) is 0 Å². The molecule has 0 bridgehead atoms. The second-order valence-corrected chi connectivity index (χ2v) is 9.72. The van der Waals surface area contributed by atoms with Gasteiger partial charge in [0.25, 0.3) is 5.91 Å². The third-order valence-corrected chi connectivity index (χ3v) is 7.47. The summed E-state index contributed by atoms with van der Waals surface area (Å²) in [6, 6.07) is 5.94. The first-order chi connectivity index (χ1) is 17.2. The molecule has 2 aromatic rings. The summed E-state index contributed by atoms with van der Waals surface area (Å²) >= 11 is 0. The largest absolute Gasteiger partial charge is 0.416 e. The van der Waals surface area contributed by atoms with E-state index >= 15 is 0 Å². The van der Waals surface area contributed by atoms with E-state index in [4.69, 9.17) is 4.74 Å². The summed E-state index contributed by atoms with van der Waals surface area (Å²) in [5, 5.41) is 0. The number of carbonyl (C=O) groups excluding carboxylic acids is 1. The number of likely N-dealkylation sites (tertiary alicyclic amines) is 1. The minimum Gasteiger partial charge on any atom is -0.383 e. The molecule has 2 atom stereocenters. The number of hydrogen-bond acceptors (Lipinski definition) is 6. The highest BCUT2D eigenvalue weighted by Crippen LogP contribution is 2.32. The zero-order valence-corrected chi connectivity index (χ0v) is 21.0. The molecule has 0 aliphatic carbocycles. The van der Waals surface area contributed by atoms with Crippen molar-refractivity contribution < 1.29 is 22.7 Å². The smallest absolute Gasteiger partial charge is 0.383 e. The highest BCUT2D eigenvalue weighted by Gasteiger charge is 2.36. The van der Waals surface area contributed by atoms with Crippen LogP contribution in [0.4, 0.5) is 13.2 Å². The van der Waals surface area contributed by atoms with Crippen molar-refractivity contribution in [3.63, 3.8) is 0 Å². The molecule has 2 aliphatic rings. The monoisotopic (exact) mass is 505 g/mol. The van der Waals surface area contributed by atoms with Crippen molar-refractivity contribution in [1.29, 1.82) is 0 Å². The van der Waals surface area contributed by atoms with Crippen LogP contribution in [-0.4, -0.2) is 89.1 Å². The maximum absolute atomic E-state index is 13.0. The van der Waals surface area contributed by atoms with Gasteiger partial charge in [-0.2, -0.15) is 13.2 Å². The molecule has 0 unspecified atom stereocenters. The number of piperidine rings is 1. The van der Waals surface area contributed by atoms with E-state index in [1.165, 1.54) is 6.33 Å². The summed E-state index contributed by atoms with van der Waals surface area (Å²) in [7, 11) is 1.62. The summed E-state index contributed by atoms with van der Waals surface area (Å²) in [5.74, 6) is -0.0105. The van der Waals surface area contributed by atoms with Crippen molar-refractivity contribution in [3.8, 4) is 0 Å². The number of ether oxygens (including phenoxy) is 1. The van der Waals surface area contributed by atoms with Gasteiger partial charge in [-0.25, -0.2) is 9.97 Å². The zero-order valence-electron chi connectivity index (χ0n) is 21.0. The van der Waals surface area contributed by atoms with Crippen LogP contribution < -0.4 is 0 Å². The molecule has 0 N–H and O–H groups in total. The average Bonchev–Trinajstić information content (AvgIpc) is 2.87. The summed E-state index contributed by atoms with van der Waals surface area (Å²) in [5.41, 5.74) is 1.45. The molecule has 0 saturated carbocycles. The second-order valence-electron chi connectivity index (χ2n) is 9.72. The first-order valence-corrected chi connectivity index (χ1v) is 12.4. The number of carbonyl (C=O) groups is 1. The lowest BCUT2D eigenvalue weighted by Gasteiger charge is -2.48. The molecule has 0 radical (unpaired) electrons. The van der Waals surface area contributed by atoms with E-state index in [0.717, 1.165) is 50.2 Å². The number of hydrogen-bond donors (Lipinski definition) is 0. The van der Waals surface area contributed by atoms with Crippen LogP contribution in [0.5, 0.6) is 0 Å². The fourth-order valence-corrected chi connectivity index (χ4v) is 5.44. The fourth-order valence-electron chi connectivity index (χ4n) is 5.44. The Morgan fingerprint density at radius 1 is 1.14 bits per heavy atom. The van der Waals surface area contributed by atoms with E-state index in [9.17, 15) is 18.0 Å². The fraction of sp³-hybridized carbons (Fsp3) is 0.577. The second kappa shape index (κ2) is 11.2. The molecule has 2 saturated heterocycles. The standard InChI is InChI=1S/C26H34F3N5O2/c1-18-15-33(22-8-10-32(11-9-22)25(35)23-14-30-17-31-19(23)2)12-13-34(18)24(16-36-3)20-4-6-21(7-5-20)26(27,28)29/h4-7,14,17-18,22,24H,8-13,15-16H2,1-3H3/t18-,24-/m0/s1. The van der Waals surface area contributed by atoms with Crippen LogP contribution >= 0.6 is 0 Å². The number of piperazine rings is 1. The van der Waals surface area contributed by atoms with Gasteiger partial charge in [0.05, 0.1) is 29.5 Å². The Kier molecular flexibility index (Phi) is 8.27. The molecule has 4 rings (SSSR count). The van der Waals surface area contributed by atoms with Gasteiger partial charge >= 0.3 is 6.18 Å². The van der Waals surface area contributed by atoms with Gasteiger partial charge in [-0.3, -0.25) is 14.6 Å². The van der Waals surface area contributed by atoms with Gasteiger partial charge in [0, 0.05) is 58.1 Å². The SMILES string of the molecule is COC[C@@H](c1ccc(C(F)(F)F)cc1)N1CCN(C2CCN(C(=O)c3cncnc3C)CC2)C[C@@H]1C. The van der Waals surface area contributed by atoms with Gasteiger partial charge < -0.3 is 9.64 Å². The van der Waals surface area contributed by atoms with Crippen molar-refractivity contribution in [2.45, 2.75) is 51.0 Å². The molecule has 36 heavy (non-hydrogen) atoms. The van der Waals surface area contributed by atoms with Gasteiger partial charge in [-0.05, 0) is 44.4 Å². The number of methoxy groups -OCH3 is 1. The van der Waals surface area contributed by atoms with E-state index in [1.807, 2.05) is 11.8 Å². The normalized spacial score (nSPS) is 21.5. The number of rotatable bonds is 6. The van der Waals surface area contributed by atoms with Gasteiger partial charge in [-0.1, -0.05) is 12.1 Å². The molecule has 10 heteroatoms. The number of halogens is 3. The number of alkyl halides is 3. The lowest BCUT2D eigenvalue weighted by molar-refractivity contribution is -0.137. The summed E-state index contributed by atoms with van der Waals surface area (Å²) < 4.78 is 44.5. The van der Waals surface area contributed by atoms with Crippen LogP contribution in [0.15, 0.2) is 36.8 Å². The maximum atomic E-state index is 13.0. The molecule has 1 amide bonds. The highest BCUT2D eigenvalue weighted by molar-refractivity contribution is 5.94. The van der Waals surface area contributed by atoms with Crippen molar-refractivity contribution in [2.24, 2.45) is 0 Å². The molecule has 1 aromatic heterocycles. The van der Waals surface area contributed by atoms with Crippen LogP contribution in [0.2, 0.25) is 0 Å². The van der Waals surface area contributed by atoms with E-state index in [-0.39, 0.29) is 18.0 Å². The van der Waals surface area contributed by atoms with E-state index in [2.05, 4.69) is 26.7 Å². The summed E-state index contributed by atoms with van der Waals surface area (Å²) in [4.78, 5) is 27.7. The lowest BCUT2D eigenvalue weighted by Crippen LogP contribution is -2.58. The van der Waals surface area contributed by atoms with Crippen molar-refractivity contribution >= 4 is 5.91 Å².